The molecule has 8 aromatic carbocycles. The first kappa shape index (κ1) is 16.8. The fourth-order valence-corrected chi connectivity index (χ4v) is 6.19. The molecule has 0 atom stereocenters. The first-order valence-corrected chi connectivity index (χ1v) is 14.5. The van der Waals surface area contributed by atoms with Crippen molar-refractivity contribution < 1.29 is 19.5 Å². The summed E-state index contributed by atoms with van der Waals surface area (Å²) >= 11 is 0. The van der Waals surface area contributed by atoms with E-state index in [4.69, 9.17) is 18.1 Å². The Bertz CT molecular complexity index is 3050. The second-order valence-electron chi connectivity index (χ2n) is 10.8. The van der Waals surface area contributed by atoms with Crippen LogP contribution in [0.5, 0.6) is 0 Å². The van der Waals surface area contributed by atoms with E-state index in [2.05, 4.69) is 36.4 Å². The molecule has 0 saturated carbocycles. The summed E-state index contributed by atoms with van der Waals surface area (Å²) in [5.74, 6) is 0. The Labute approximate surface area is 277 Å². The van der Waals surface area contributed by atoms with Gasteiger partial charge in [-0.15, -0.1) is 0 Å². The number of benzene rings is 8. The molecule has 0 N–H and O–H groups in total. The zero-order valence-corrected chi connectivity index (χ0v) is 23.7. The number of hydrogen-bond acceptors (Lipinski definition) is 1. The molecular weight excluding hydrogens is 544 g/mol. The number of fused-ring (bicyclic) bond motifs is 5. The summed E-state index contributed by atoms with van der Waals surface area (Å²) in [7, 11) is 0. The Balaban J connectivity index is 1.24. The predicted molar refractivity (Wildman–Crippen MR) is 190 cm³/mol. The molecule has 0 aliphatic rings. The summed E-state index contributed by atoms with van der Waals surface area (Å²) in [6.45, 7) is 0. The minimum Gasteiger partial charge on any atom is -0.456 e. The lowest BCUT2D eigenvalue weighted by molar-refractivity contribution is 0.669. The van der Waals surface area contributed by atoms with Gasteiger partial charge in [0.2, 0.25) is 0 Å². The Morgan fingerprint density at radius 2 is 0.778 bits per heavy atom. The van der Waals surface area contributed by atoms with Crippen LogP contribution in [0.3, 0.4) is 0 Å². The molecule has 0 saturated heterocycles. The minimum atomic E-state index is -0.655. The van der Waals surface area contributed by atoms with E-state index in [9.17, 15) is 1.37 Å². The summed E-state index contributed by atoms with van der Waals surface area (Å²) in [5.41, 5.74) is 3.52. The van der Waals surface area contributed by atoms with Crippen LogP contribution in [-0.4, -0.2) is 0 Å². The zero-order chi connectivity index (χ0) is 39.3. The highest BCUT2D eigenvalue weighted by atomic mass is 16.3. The summed E-state index contributed by atoms with van der Waals surface area (Å²) in [6, 6.07) is 28.5. The van der Waals surface area contributed by atoms with E-state index in [0.717, 1.165) is 43.8 Å². The van der Waals surface area contributed by atoms with Crippen LogP contribution >= 0.6 is 0 Å². The third-order valence-electron chi connectivity index (χ3n) is 8.22. The third kappa shape index (κ3) is 4.24. The minimum absolute atomic E-state index is 0.0774. The van der Waals surface area contributed by atoms with E-state index in [1.807, 2.05) is 54.6 Å². The Morgan fingerprint density at radius 3 is 1.31 bits per heavy atom. The third-order valence-corrected chi connectivity index (χ3v) is 8.22. The van der Waals surface area contributed by atoms with Gasteiger partial charge in [-0.3, -0.25) is 0 Å². The lowest BCUT2D eigenvalue weighted by Gasteiger charge is -2.18. The van der Waals surface area contributed by atoms with Crippen LogP contribution in [0, 0.1) is 0 Å². The van der Waals surface area contributed by atoms with Crippen molar-refractivity contribution in [1.29, 1.82) is 0 Å². The molecule has 0 radical (unpaired) electrons. The maximum atomic E-state index is 9.25. The molecule has 210 valence electrons. The molecule has 0 unspecified atom stereocenters. The van der Waals surface area contributed by atoms with Gasteiger partial charge in [0.1, 0.15) is 11.2 Å². The van der Waals surface area contributed by atoms with Gasteiger partial charge >= 0.3 is 0 Å². The van der Waals surface area contributed by atoms with Crippen LogP contribution in [0.1, 0.15) is 15.1 Å². The van der Waals surface area contributed by atoms with Crippen molar-refractivity contribution in [3.8, 4) is 44.5 Å². The maximum absolute atomic E-state index is 9.25. The smallest absolute Gasteiger partial charge is 0.136 e. The summed E-state index contributed by atoms with van der Waals surface area (Å²) in [6.07, 6.45) is 0. The summed E-state index contributed by atoms with van der Waals surface area (Å²) < 4.78 is 101. The predicted octanol–water partition coefficient (Wildman–Crippen LogP) is 12.6. The van der Waals surface area contributed by atoms with Gasteiger partial charge in [0.15, 0.2) is 0 Å². The second kappa shape index (κ2) is 10.4. The number of hydrogen-bond donors (Lipinski definition) is 0. The first-order chi connectivity index (χ1) is 26.9. The van der Waals surface area contributed by atoms with E-state index in [1.54, 1.807) is 12.1 Å². The molecule has 1 heterocycles. The van der Waals surface area contributed by atoms with Crippen molar-refractivity contribution in [1.82, 2.24) is 0 Å². The Morgan fingerprint density at radius 1 is 0.333 bits per heavy atom. The fraction of sp³-hybridized carbons (Fsp3) is 0. The molecule has 9 aromatic rings. The lowest BCUT2D eigenvalue weighted by atomic mass is 9.86. The van der Waals surface area contributed by atoms with E-state index < -0.39 is 59.5 Å². The van der Waals surface area contributed by atoms with Crippen LogP contribution in [-0.2, 0) is 0 Å². The van der Waals surface area contributed by atoms with Gasteiger partial charge in [0.25, 0.3) is 0 Å². The zero-order valence-electron chi connectivity index (χ0n) is 34.7. The summed E-state index contributed by atoms with van der Waals surface area (Å²) in [5, 5.41) is 4.11. The summed E-state index contributed by atoms with van der Waals surface area (Å²) in [4.78, 5) is 0. The SMILES string of the molecule is [2H]c1c([2H])c([2H])c(-c2c([2H])c([2H])c3c(oc4c([2H])c(-c5ccc(-c6c7ccccc7c(-c7ccccc7)c7ccccc67)cc5)c([2H])c([2H])c43)c2[2H])c([2H])c1[2H]. The van der Waals surface area contributed by atoms with E-state index in [-0.39, 0.29) is 45.6 Å². The van der Waals surface area contributed by atoms with Crippen molar-refractivity contribution in [3.05, 3.63) is 170 Å². The van der Waals surface area contributed by atoms with Crippen molar-refractivity contribution in [2.24, 2.45) is 0 Å². The van der Waals surface area contributed by atoms with Crippen LogP contribution in [0.15, 0.2) is 174 Å². The highest BCUT2D eigenvalue weighted by molar-refractivity contribution is 6.21. The molecule has 0 amide bonds. The molecule has 0 aliphatic heterocycles. The monoisotopic (exact) mass is 583 g/mol. The van der Waals surface area contributed by atoms with Crippen LogP contribution in [0.4, 0.5) is 0 Å². The Hall–Kier alpha value is -5.92. The van der Waals surface area contributed by atoms with Gasteiger partial charge in [-0.05, 0) is 90.2 Å². The molecule has 0 fully saturated rings. The highest BCUT2D eigenvalue weighted by Gasteiger charge is 2.16. The average molecular weight is 584 g/mol. The van der Waals surface area contributed by atoms with E-state index in [1.165, 1.54) is 0 Å². The fourth-order valence-electron chi connectivity index (χ4n) is 6.19. The molecule has 1 aromatic heterocycles. The molecule has 0 bridgehead atoms. The Kier molecular flexibility index (Phi) is 3.87. The van der Waals surface area contributed by atoms with Crippen LogP contribution in [0.25, 0.3) is 88.0 Å². The van der Waals surface area contributed by atoms with Crippen molar-refractivity contribution in [2.45, 2.75) is 0 Å². The van der Waals surface area contributed by atoms with Gasteiger partial charge in [0, 0.05) is 10.8 Å². The van der Waals surface area contributed by atoms with Gasteiger partial charge in [-0.25, -0.2) is 0 Å². The molecule has 0 aliphatic carbocycles. The molecule has 0 spiro atoms. The normalized spacial score (nSPS) is 15.0. The van der Waals surface area contributed by atoms with Gasteiger partial charge in [0.05, 0.1) is 15.1 Å². The van der Waals surface area contributed by atoms with Crippen molar-refractivity contribution >= 4 is 43.5 Å². The van der Waals surface area contributed by atoms with Crippen LogP contribution in [0.2, 0.25) is 0 Å². The average Bonchev–Trinajstić information content (AvgIpc) is 3.63. The topological polar surface area (TPSA) is 13.1 Å². The first-order valence-electron chi connectivity index (χ1n) is 20.0. The van der Waals surface area contributed by atoms with Gasteiger partial charge < -0.3 is 4.42 Å². The van der Waals surface area contributed by atoms with Crippen molar-refractivity contribution in [2.75, 3.05) is 0 Å². The van der Waals surface area contributed by atoms with E-state index >= 15 is 0 Å². The highest BCUT2D eigenvalue weighted by Crippen LogP contribution is 2.44. The molecule has 1 nitrogen and oxygen atoms in total. The second-order valence-corrected chi connectivity index (χ2v) is 10.8. The molecule has 45 heavy (non-hydrogen) atoms. The number of rotatable bonds is 4. The van der Waals surface area contributed by atoms with Gasteiger partial charge in [-0.2, -0.15) is 0 Å². The molecular formula is C44H28O. The molecule has 1 heteroatoms. The van der Waals surface area contributed by atoms with Crippen LogP contribution < -0.4 is 0 Å². The van der Waals surface area contributed by atoms with Crippen molar-refractivity contribution in [3.63, 3.8) is 0 Å². The lowest BCUT2D eigenvalue weighted by Crippen LogP contribution is -1.90. The molecule has 9 rings (SSSR count). The van der Waals surface area contributed by atoms with Gasteiger partial charge in [-0.1, -0.05) is 145 Å². The quantitative estimate of drug-likeness (QED) is 0.188. The number of furan rings is 1. The largest absolute Gasteiger partial charge is 0.456 e. The van der Waals surface area contributed by atoms with E-state index in [0.29, 0.717) is 5.56 Å². The maximum Gasteiger partial charge on any atom is 0.136 e. The standard InChI is InChI=1S/C44H28O/c1-3-11-29(12-4-1)33-23-25-35-36-26-24-34(28-42(36)45-41(35)27-33)30-19-21-32(22-20-30)44-39-17-9-7-15-37(39)43(31-13-5-2-6-14-31)38-16-8-10-18-40(38)44/h1-28H/i1D,3D,4D,11D,12D,23D,24D,25D,26D,27D,28D.